The number of nitrogens with one attached hydrogen (secondary N) is 2. The summed E-state index contributed by atoms with van der Waals surface area (Å²) in [7, 11) is 0. The quantitative estimate of drug-likeness (QED) is 0.896. The van der Waals surface area contributed by atoms with Crippen LogP contribution in [0.1, 0.15) is 27.2 Å². The minimum Gasteiger partial charge on any atom is -0.325 e. The number of carbonyl (C=O) groups is 1. The van der Waals surface area contributed by atoms with Crippen molar-refractivity contribution in [3.05, 3.63) is 28.7 Å². The number of carbonyl (C=O) groups excluding carboxylic acids is 1. The maximum absolute atomic E-state index is 11.7. The molecule has 4 heteroatoms. The maximum Gasteiger partial charge on any atom is 0.225 e. The molecule has 0 fully saturated rings. The lowest BCUT2D eigenvalue weighted by molar-refractivity contribution is -0.116. The normalized spacial score (nSPS) is 11.3. The fourth-order valence-electron chi connectivity index (χ4n) is 1.33. The third-order valence-corrected chi connectivity index (χ3v) is 2.85. The molecule has 0 aliphatic rings. The summed E-state index contributed by atoms with van der Waals surface area (Å²) in [6.07, 6.45) is 0.471. The highest BCUT2D eigenvalue weighted by molar-refractivity contribution is 9.10. The molecule has 1 rings (SSSR count). The first-order valence-electron chi connectivity index (χ1n) is 5.68. The van der Waals surface area contributed by atoms with Gasteiger partial charge in [-0.3, -0.25) is 4.79 Å². The molecule has 0 spiro atoms. The van der Waals surface area contributed by atoms with Gasteiger partial charge in [0.05, 0.1) is 5.69 Å². The van der Waals surface area contributed by atoms with Gasteiger partial charge in [-0.1, -0.05) is 12.1 Å². The molecule has 1 amide bonds. The van der Waals surface area contributed by atoms with E-state index >= 15 is 0 Å². The minimum atomic E-state index is 0.0219. The molecule has 0 atom stereocenters. The molecule has 2 N–H and O–H groups in total. The Hall–Kier alpha value is -0.870. The summed E-state index contributed by atoms with van der Waals surface area (Å²) < 4.78 is 0.900. The van der Waals surface area contributed by atoms with Crippen LogP contribution in [0.15, 0.2) is 28.7 Å². The van der Waals surface area contributed by atoms with Gasteiger partial charge in [0.25, 0.3) is 0 Å². The predicted molar refractivity (Wildman–Crippen MR) is 75.1 cm³/mol. The molecule has 0 heterocycles. The van der Waals surface area contributed by atoms with Crippen LogP contribution >= 0.6 is 15.9 Å². The highest BCUT2D eigenvalue weighted by Gasteiger charge is 2.10. The van der Waals surface area contributed by atoms with Crippen molar-refractivity contribution < 1.29 is 4.79 Å². The average molecular weight is 299 g/mol. The number of hydrogen-bond donors (Lipinski definition) is 2. The van der Waals surface area contributed by atoms with Crippen LogP contribution in [0.25, 0.3) is 0 Å². The molecule has 0 unspecified atom stereocenters. The second-order valence-electron chi connectivity index (χ2n) is 4.95. The zero-order valence-corrected chi connectivity index (χ0v) is 12.1. The molecule has 94 valence electrons. The zero-order valence-electron chi connectivity index (χ0n) is 10.5. The highest BCUT2D eigenvalue weighted by atomic mass is 79.9. The minimum absolute atomic E-state index is 0.0219. The Bertz CT molecular complexity index is 385. The van der Waals surface area contributed by atoms with E-state index in [1.807, 2.05) is 24.3 Å². The van der Waals surface area contributed by atoms with Crippen LogP contribution in [0, 0.1) is 0 Å². The van der Waals surface area contributed by atoms with Crippen molar-refractivity contribution in [3.8, 4) is 0 Å². The zero-order chi connectivity index (χ0) is 12.9. The van der Waals surface area contributed by atoms with Crippen molar-refractivity contribution in [1.29, 1.82) is 0 Å². The Morgan fingerprint density at radius 2 is 1.94 bits per heavy atom. The second kappa shape index (κ2) is 6.17. The Balaban J connectivity index is 2.38. The monoisotopic (exact) mass is 298 g/mol. The van der Waals surface area contributed by atoms with Gasteiger partial charge in [-0.05, 0) is 48.8 Å². The van der Waals surface area contributed by atoms with Gasteiger partial charge in [-0.15, -0.1) is 0 Å². The molecule has 0 aliphatic carbocycles. The Morgan fingerprint density at radius 1 is 1.29 bits per heavy atom. The van der Waals surface area contributed by atoms with Gasteiger partial charge in [-0.2, -0.15) is 0 Å². The van der Waals surface area contributed by atoms with Crippen molar-refractivity contribution in [2.75, 3.05) is 11.9 Å². The van der Waals surface area contributed by atoms with E-state index in [0.717, 1.165) is 10.2 Å². The van der Waals surface area contributed by atoms with Crippen LogP contribution in [0.3, 0.4) is 0 Å². The topological polar surface area (TPSA) is 41.1 Å². The Labute approximate surface area is 111 Å². The van der Waals surface area contributed by atoms with Gasteiger partial charge >= 0.3 is 0 Å². The van der Waals surface area contributed by atoms with Crippen molar-refractivity contribution in [1.82, 2.24) is 5.32 Å². The number of amides is 1. The maximum atomic E-state index is 11.7. The van der Waals surface area contributed by atoms with Crippen LogP contribution in [-0.4, -0.2) is 18.0 Å². The summed E-state index contributed by atoms with van der Waals surface area (Å²) >= 11 is 3.39. The Kier molecular flexibility index (Phi) is 5.15. The summed E-state index contributed by atoms with van der Waals surface area (Å²) in [5.41, 5.74) is 0.862. The molecular weight excluding hydrogens is 280 g/mol. The van der Waals surface area contributed by atoms with E-state index in [2.05, 4.69) is 47.3 Å². The van der Waals surface area contributed by atoms with Gasteiger partial charge in [-0.25, -0.2) is 0 Å². The third-order valence-electron chi connectivity index (χ3n) is 2.16. The van der Waals surface area contributed by atoms with Gasteiger partial charge < -0.3 is 10.6 Å². The highest BCUT2D eigenvalue weighted by Crippen LogP contribution is 2.21. The van der Waals surface area contributed by atoms with Gasteiger partial charge in [0, 0.05) is 23.0 Å². The van der Waals surface area contributed by atoms with Crippen LogP contribution < -0.4 is 10.6 Å². The number of rotatable bonds is 4. The van der Waals surface area contributed by atoms with Crippen molar-refractivity contribution in [2.24, 2.45) is 0 Å². The van der Waals surface area contributed by atoms with E-state index in [1.165, 1.54) is 0 Å². The van der Waals surface area contributed by atoms with Crippen LogP contribution in [-0.2, 0) is 4.79 Å². The third kappa shape index (κ3) is 5.84. The largest absolute Gasteiger partial charge is 0.325 e. The standard InChI is InChI=1S/C13H19BrN2O/c1-13(2,3)15-9-8-12(17)16-11-7-5-4-6-10(11)14/h4-7,15H,8-9H2,1-3H3,(H,16,17). The van der Waals surface area contributed by atoms with Crippen molar-refractivity contribution >= 4 is 27.5 Å². The molecule has 1 aromatic rings. The molecule has 0 saturated carbocycles. The van der Waals surface area contributed by atoms with E-state index in [9.17, 15) is 4.79 Å². The van der Waals surface area contributed by atoms with E-state index < -0.39 is 0 Å². The fourth-order valence-corrected chi connectivity index (χ4v) is 1.71. The summed E-state index contributed by atoms with van der Waals surface area (Å²) in [6, 6.07) is 7.59. The lowest BCUT2D eigenvalue weighted by Gasteiger charge is -2.20. The molecule has 0 saturated heterocycles. The molecule has 3 nitrogen and oxygen atoms in total. The first-order chi connectivity index (χ1) is 7.88. The van der Waals surface area contributed by atoms with Crippen molar-refractivity contribution in [2.45, 2.75) is 32.7 Å². The number of hydrogen-bond acceptors (Lipinski definition) is 2. The van der Waals surface area contributed by atoms with E-state index in [0.29, 0.717) is 13.0 Å². The average Bonchev–Trinajstić information content (AvgIpc) is 2.19. The van der Waals surface area contributed by atoms with Crippen LogP contribution in [0.4, 0.5) is 5.69 Å². The van der Waals surface area contributed by atoms with Crippen molar-refractivity contribution in [3.63, 3.8) is 0 Å². The van der Waals surface area contributed by atoms with Crippen LogP contribution in [0.2, 0.25) is 0 Å². The summed E-state index contributed by atoms with van der Waals surface area (Å²) in [5.74, 6) is 0.0219. The smallest absolute Gasteiger partial charge is 0.225 e. The lowest BCUT2D eigenvalue weighted by atomic mass is 10.1. The van der Waals surface area contributed by atoms with Gasteiger partial charge in [0.2, 0.25) is 5.91 Å². The van der Waals surface area contributed by atoms with E-state index in [1.54, 1.807) is 0 Å². The fraction of sp³-hybridized carbons (Fsp3) is 0.462. The summed E-state index contributed by atoms with van der Waals surface area (Å²) in [5, 5.41) is 6.15. The first kappa shape index (κ1) is 14.2. The SMILES string of the molecule is CC(C)(C)NCCC(=O)Nc1ccccc1Br. The predicted octanol–water partition coefficient (Wildman–Crippen LogP) is 3.17. The van der Waals surface area contributed by atoms with E-state index in [-0.39, 0.29) is 11.4 Å². The molecule has 0 aromatic heterocycles. The van der Waals surface area contributed by atoms with Gasteiger partial charge in [0.1, 0.15) is 0 Å². The first-order valence-corrected chi connectivity index (χ1v) is 6.47. The van der Waals surface area contributed by atoms with Crippen LogP contribution in [0.5, 0.6) is 0 Å². The summed E-state index contributed by atoms with van der Waals surface area (Å²) in [4.78, 5) is 11.7. The molecule has 1 aromatic carbocycles. The van der Waals surface area contributed by atoms with E-state index in [4.69, 9.17) is 0 Å². The number of benzene rings is 1. The molecule has 17 heavy (non-hydrogen) atoms. The second-order valence-corrected chi connectivity index (χ2v) is 5.81. The molecule has 0 radical (unpaired) electrons. The molecule has 0 bridgehead atoms. The number of halogens is 1. The lowest BCUT2D eigenvalue weighted by Crippen LogP contribution is -2.37. The number of para-hydroxylation sites is 1. The summed E-state index contributed by atoms with van der Waals surface area (Å²) in [6.45, 7) is 6.93. The Morgan fingerprint density at radius 3 is 2.53 bits per heavy atom. The molecular formula is C13H19BrN2O. The van der Waals surface area contributed by atoms with Gasteiger partial charge in [0.15, 0.2) is 0 Å². The molecule has 0 aliphatic heterocycles. The number of anilines is 1.